The summed E-state index contributed by atoms with van der Waals surface area (Å²) in [4.78, 5) is 38.1. The second-order valence-corrected chi connectivity index (χ2v) is 5.92. The van der Waals surface area contributed by atoms with Crippen LogP contribution in [0.25, 0.3) is 0 Å². The molecule has 1 aliphatic heterocycles. The van der Waals surface area contributed by atoms with E-state index in [0.717, 1.165) is 0 Å². The Labute approximate surface area is 150 Å². The molecule has 1 heterocycles. The van der Waals surface area contributed by atoms with Crippen LogP contribution in [0.2, 0.25) is 0 Å². The molecule has 3 rings (SSSR count). The summed E-state index contributed by atoms with van der Waals surface area (Å²) in [7, 11) is 1.55. The number of nitrogens with one attached hydrogen (secondary N) is 2. The van der Waals surface area contributed by atoms with E-state index >= 15 is 0 Å². The monoisotopic (exact) mass is 353 g/mol. The molecule has 134 valence electrons. The minimum absolute atomic E-state index is 0.0876. The van der Waals surface area contributed by atoms with Crippen molar-refractivity contribution in [2.45, 2.75) is 6.42 Å². The lowest BCUT2D eigenvalue weighted by Crippen LogP contribution is -2.45. The number of ether oxygens (including phenoxy) is 1. The summed E-state index contributed by atoms with van der Waals surface area (Å²) in [6.07, 6.45) is 0.0876. The lowest BCUT2D eigenvalue weighted by atomic mass is 10.1. The summed E-state index contributed by atoms with van der Waals surface area (Å²) in [5.74, 6) is -0.850. The highest BCUT2D eigenvalue weighted by molar-refractivity contribution is 6.01. The van der Waals surface area contributed by atoms with E-state index in [2.05, 4.69) is 10.9 Å². The Morgan fingerprint density at radius 2 is 1.85 bits per heavy atom. The smallest absolute Gasteiger partial charge is 0.269 e. The average molecular weight is 353 g/mol. The van der Waals surface area contributed by atoms with Crippen molar-refractivity contribution < 1.29 is 19.1 Å². The lowest BCUT2D eigenvalue weighted by molar-refractivity contribution is -0.126. The SMILES string of the molecule is COc1cccc(N2CC(C(=O)NNC(=O)c3ccccc3)CC2=O)c1. The fourth-order valence-electron chi connectivity index (χ4n) is 2.79. The Bertz CT molecular complexity index is 823. The van der Waals surface area contributed by atoms with E-state index in [9.17, 15) is 14.4 Å². The van der Waals surface area contributed by atoms with Crippen LogP contribution in [-0.2, 0) is 9.59 Å². The molecule has 7 heteroatoms. The summed E-state index contributed by atoms with van der Waals surface area (Å²) < 4.78 is 5.17. The van der Waals surface area contributed by atoms with Gasteiger partial charge in [0.15, 0.2) is 0 Å². The molecule has 1 fully saturated rings. The number of amides is 3. The largest absolute Gasteiger partial charge is 0.497 e. The van der Waals surface area contributed by atoms with Gasteiger partial charge in [0.1, 0.15) is 5.75 Å². The highest BCUT2D eigenvalue weighted by Gasteiger charge is 2.35. The third kappa shape index (κ3) is 3.83. The van der Waals surface area contributed by atoms with Crippen molar-refractivity contribution in [3.8, 4) is 5.75 Å². The standard InChI is InChI=1S/C19H19N3O4/c1-26-16-9-5-8-15(11-16)22-12-14(10-17(22)23)19(25)21-20-18(24)13-6-3-2-4-7-13/h2-9,11,14H,10,12H2,1H3,(H,20,24)(H,21,25). The van der Waals surface area contributed by atoms with E-state index < -0.39 is 17.7 Å². The summed E-state index contributed by atoms with van der Waals surface area (Å²) in [5.41, 5.74) is 5.89. The van der Waals surface area contributed by atoms with E-state index in [4.69, 9.17) is 4.74 Å². The molecule has 1 aliphatic rings. The molecule has 0 bridgehead atoms. The van der Waals surface area contributed by atoms with Gasteiger partial charge in [-0.3, -0.25) is 25.2 Å². The molecule has 2 N–H and O–H groups in total. The first-order valence-corrected chi connectivity index (χ1v) is 8.18. The zero-order chi connectivity index (χ0) is 18.5. The Morgan fingerprint density at radius 3 is 2.58 bits per heavy atom. The van der Waals surface area contributed by atoms with Gasteiger partial charge in [0.05, 0.1) is 13.0 Å². The third-order valence-corrected chi connectivity index (χ3v) is 4.20. The number of carbonyl (C=O) groups excluding carboxylic acids is 3. The van der Waals surface area contributed by atoms with Gasteiger partial charge in [-0.25, -0.2) is 0 Å². The van der Waals surface area contributed by atoms with Gasteiger partial charge in [0, 0.05) is 30.3 Å². The summed E-state index contributed by atoms with van der Waals surface area (Å²) >= 11 is 0. The average Bonchev–Trinajstić information content (AvgIpc) is 3.08. The Kier molecular flexibility index (Phi) is 5.17. The topological polar surface area (TPSA) is 87.7 Å². The van der Waals surface area contributed by atoms with Crippen molar-refractivity contribution in [1.82, 2.24) is 10.9 Å². The molecule has 0 saturated carbocycles. The number of benzene rings is 2. The van der Waals surface area contributed by atoms with Crippen LogP contribution in [0.1, 0.15) is 16.8 Å². The molecule has 0 aliphatic carbocycles. The zero-order valence-electron chi connectivity index (χ0n) is 14.3. The minimum Gasteiger partial charge on any atom is -0.497 e. The number of rotatable bonds is 4. The molecule has 0 spiro atoms. The maximum atomic E-state index is 12.3. The van der Waals surface area contributed by atoms with Crippen molar-refractivity contribution in [1.29, 1.82) is 0 Å². The highest BCUT2D eigenvalue weighted by atomic mass is 16.5. The van der Waals surface area contributed by atoms with Crippen molar-refractivity contribution in [3.05, 3.63) is 60.2 Å². The first-order valence-electron chi connectivity index (χ1n) is 8.18. The van der Waals surface area contributed by atoms with Crippen LogP contribution in [0.5, 0.6) is 5.75 Å². The quantitative estimate of drug-likeness (QED) is 0.816. The Balaban J connectivity index is 1.59. The fourth-order valence-corrected chi connectivity index (χ4v) is 2.79. The summed E-state index contributed by atoms with van der Waals surface area (Å²) in [6.45, 7) is 0.249. The molecular weight excluding hydrogens is 334 g/mol. The molecule has 1 unspecified atom stereocenters. The van der Waals surface area contributed by atoms with Crippen LogP contribution in [0.3, 0.4) is 0 Å². The molecule has 26 heavy (non-hydrogen) atoms. The molecule has 2 aromatic carbocycles. The van der Waals surface area contributed by atoms with Gasteiger partial charge < -0.3 is 9.64 Å². The minimum atomic E-state index is -0.537. The molecule has 7 nitrogen and oxygen atoms in total. The van der Waals surface area contributed by atoms with Gasteiger partial charge in [-0.2, -0.15) is 0 Å². The van der Waals surface area contributed by atoms with Gasteiger partial charge in [-0.05, 0) is 24.3 Å². The van der Waals surface area contributed by atoms with E-state index in [1.807, 2.05) is 0 Å². The summed E-state index contributed by atoms with van der Waals surface area (Å²) in [5, 5.41) is 0. The van der Waals surface area contributed by atoms with E-state index in [0.29, 0.717) is 17.0 Å². The first-order chi connectivity index (χ1) is 12.6. The lowest BCUT2D eigenvalue weighted by Gasteiger charge is -2.17. The number of hydrogen-bond acceptors (Lipinski definition) is 4. The fraction of sp³-hybridized carbons (Fsp3) is 0.211. The molecule has 0 aromatic heterocycles. The maximum Gasteiger partial charge on any atom is 0.269 e. The molecule has 1 saturated heterocycles. The molecular formula is C19H19N3O4. The number of nitrogens with zero attached hydrogens (tertiary/aromatic N) is 1. The van der Waals surface area contributed by atoms with Crippen LogP contribution in [-0.4, -0.2) is 31.4 Å². The molecule has 2 aromatic rings. The van der Waals surface area contributed by atoms with Gasteiger partial charge in [0.25, 0.3) is 5.91 Å². The predicted molar refractivity (Wildman–Crippen MR) is 95.5 cm³/mol. The van der Waals surface area contributed by atoms with E-state index in [1.165, 1.54) is 0 Å². The van der Waals surface area contributed by atoms with E-state index in [1.54, 1.807) is 66.6 Å². The highest BCUT2D eigenvalue weighted by Crippen LogP contribution is 2.27. The van der Waals surface area contributed by atoms with Crippen molar-refractivity contribution in [2.24, 2.45) is 5.92 Å². The molecule has 0 radical (unpaired) electrons. The maximum absolute atomic E-state index is 12.3. The van der Waals surface area contributed by atoms with Gasteiger partial charge >= 0.3 is 0 Å². The second-order valence-electron chi connectivity index (χ2n) is 5.92. The van der Waals surface area contributed by atoms with Gasteiger partial charge in [0.2, 0.25) is 11.8 Å². The van der Waals surface area contributed by atoms with Crippen LogP contribution in [0, 0.1) is 5.92 Å². The third-order valence-electron chi connectivity index (χ3n) is 4.20. The molecule has 3 amide bonds. The number of carbonyl (C=O) groups is 3. The van der Waals surface area contributed by atoms with Crippen LogP contribution >= 0.6 is 0 Å². The van der Waals surface area contributed by atoms with Crippen LogP contribution < -0.4 is 20.5 Å². The number of hydrazine groups is 1. The number of anilines is 1. The number of hydrogen-bond donors (Lipinski definition) is 2. The summed E-state index contributed by atoms with van der Waals surface area (Å²) in [6, 6.07) is 15.7. The van der Waals surface area contributed by atoms with Crippen molar-refractivity contribution >= 4 is 23.4 Å². The first kappa shape index (κ1) is 17.5. The van der Waals surface area contributed by atoms with Gasteiger partial charge in [-0.15, -0.1) is 0 Å². The van der Waals surface area contributed by atoms with Crippen molar-refractivity contribution in [3.63, 3.8) is 0 Å². The van der Waals surface area contributed by atoms with Crippen LogP contribution in [0.15, 0.2) is 54.6 Å². The second kappa shape index (κ2) is 7.69. The van der Waals surface area contributed by atoms with Crippen molar-refractivity contribution in [2.75, 3.05) is 18.6 Å². The zero-order valence-corrected chi connectivity index (χ0v) is 14.3. The molecule has 1 atom stereocenters. The van der Waals surface area contributed by atoms with Gasteiger partial charge in [-0.1, -0.05) is 24.3 Å². The predicted octanol–water partition coefficient (Wildman–Crippen LogP) is 1.51. The normalized spacial score (nSPS) is 16.3. The van der Waals surface area contributed by atoms with Crippen LogP contribution in [0.4, 0.5) is 5.69 Å². The Morgan fingerprint density at radius 1 is 1.08 bits per heavy atom. The Hall–Kier alpha value is -3.35. The number of methoxy groups -OCH3 is 1. The van der Waals surface area contributed by atoms with E-state index in [-0.39, 0.29) is 18.9 Å².